The van der Waals surface area contributed by atoms with Gasteiger partial charge in [0.1, 0.15) is 11.5 Å². The number of phenols is 2. The molecule has 3 heterocycles. The number of nitrogens with zero attached hydrogens (tertiary/aromatic N) is 2. The van der Waals surface area contributed by atoms with Gasteiger partial charge in [-0.2, -0.15) is 0 Å². The standard InChI is InChI=1S/C26H23N3O3/c30-21-5-1-3-18(13-21)24(19-4-2-6-22(31)14-19)17-8-11-29(12-9-17)26(32)23-16-27-15-20-7-10-28-25(20)23/h1-7,10,13-16,28,30-31H,8-9,11-12H2. The third-order valence-corrected chi connectivity index (χ3v) is 5.97. The molecule has 0 unspecified atom stereocenters. The van der Waals surface area contributed by atoms with Crippen LogP contribution >= 0.6 is 0 Å². The number of rotatable bonds is 3. The summed E-state index contributed by atoms with van der Waals surface area (Å²) in [6.07, 6.45) is 6.60. The first kappa shape index (κ1) is 19.9. The fraction of sp³-hybridized carbons (Fsp3) is 0.154. The van der Waals surface area contributed by atoms with E-state index in [4.69, 9.17) is 0 Å². The second kappa shape index (κ2) is 8.23. The molecule has 0 radical (unpaired) electrons. The Morgan fingerprint density at radius 3 is 2.19 bits per heavy atom. The smallest absolute Gasteiger partial charge is 0.257 e. The SMILES string of the molecule is O=C(c1cncc2cc[nH]c12)N1CCC(=C(c2cccc(O)c2)c2cccc(O)c2)CC1. The van der Waals surface area contributed by atoms with Crippen molar-refractivity contribution < 1.29 is 15.0 Å². The van der Waals surface area contributed by atoms with Crippen molar-refractivity contribution in [2.75, 3.05) is 13.1 Å². The first-order valence-electron chi connectivity index (χ1n) is 10.6. The molecule has 5 rings (SSSR count). The molecular formula is C26H23N3O3. The first-order valence-corrected chi connectivity index (χ1v) is 10.6. The van der Waals surface area contributed by atoms with Crippen LogP contribution in [0.3, 0.4) is 0 Å². The number of fused-ring (bicyclic) bond motifs is 1. The summed E-state index contributed by atoms with van der Waals surface area (Å²) in [5, 5.41) is 21.0. The summed E-state index contributed by atoms with van der Waals surface area (Å²) in [4.78, 5) is 22.4. The van der Waals surface area contributed by atoms with Crippen molar-refractivity contribution in [3.63, 3.8) is 0 Å². The Kier molecular flexibility index (Phi) is 5.11. The Bertz CT molecular complexity index is 1280. The van der Waals surface area contributed by atoms with Crippen molar-refractivity contribution in [1.82, 2.24) is 14.9 Å². The molecule has 1 saturated heterocycles. The molecular weight excluding hydrogens is 402 g/mol. The number of carbonyl (C=O) groups is 1. The topological polar surface area (TPSA) is 89.5 Å². The Balaban J connectivity index is 1.47. The molecule has 160 valence electrons. The summed E-state index contributed by atoms with van der Waals surface area (Å²) >= 11 is 0. The number of carbonyl (C=O) groups excluding carboxylic acids is 1. The predicted molar refractivity (Wildman–Crippen MR) is 123 cm³/mol. The molecule has 6 heteroatoms. The maximum atomic E-state index is 13.2. The fourth-order valence-corrected chi connectivity index (χ4v) is 4.44. The summed E-state index contributed by atoms with van der Waals surface area (Å²) < 4.78 is 0. The van der Waals surface area contributed by atoms with E-state index in [1.165, 1.54) is 5.57 Å². The maximum absolute atomic E-state index is 13.2. The number of H-pyrrole nitrogens is 1. The fourth-order valence-electron chi connectivity index (χ4n) is 4.44. The van der Waals surface area contributed by atoms with Crippen LogP contribution in [0, 0.1) is 0 Å². The van der Waals surface area contributed by atoms with Gasteiger partial charge in [-0.15, -0.1) is 0 Å². The number of piperidine rings is 1. The van der Waals surface area contributed by atoms with Crippen LogP contribution in [0.5, 0.6) is 11.5 Å². The van der Waals surface area contributed by atoms with Crippen LogP contribution < -0.4 is 0 Å². The van der Waals surface area contributed by atoms with Crippen molar-refractivity contribution in [3.05, 3.63) is 95.5 Å². The van der Waals surface area contributed by atoms with Gasteiger partial charge in [-0.3, -0.25) is 9.78 Å². The second-order valence-corrected chi connectivity index (χ2v) is 8.00. The molecule has 1 aliphatic heterocycles. The minimum Gasteiger partial charge on any atom is -0.508 e. The van der Waals surface area contributed by atoms with Gasteiger partial charge >= 0.3 is 0 Å². The lowest BCUT2D eigenvalue weighted by Gasteiger charge is -2.30. The molecule has 2 aromatic carbocycles. The van der Waals surface area contributed by atoms with Crippen LogP contribution in [0.4, 0.5) is 0 Å². The number of nitrogens with one attached hydrogen (secondary N) is 1. The zero-order chi connectivity index (χ0) is 22.1. The Labute approximate surface area is 185 Å². The van der Waals surface area contributed by atoms with Crippen LogP contribution in [0.2, 0.25) is 0 Å². The molecule has 1 fully saturated rings. The van der Waals surface area contributed by atoms with Gasteiger partial charge in [-0.05, 0) is 59.9 Å². The quantitative estimate of drug-likeness (QED) is 0.443. The Hall–Kier alpha value is -4.06. The Morgan fingerprint density at radius 2 is 1.56 bits per heavy atom. The number of aromatic amines is 1. The van der Waals surface area contributed by atoms with E-state index in [2.05, 4.69) is 9.97 Å². The molecule has 6 nitrogen and oxygen atoms in total. The van der Waals surface area contributed by atoms with Gasteiger partial charge < -0.3 is 20.1 Å². The summed E-state index contributed by atoms with van der Waals surface area (Å²) in [7, 11) is 0. The van der Waals surface area contributed by atoms with E-state index in [0.29, 0.717) is 31.5 Å². The van der Waals surface area contributed by atoms with Crippen LogP contribution in [-0.2, 0) is 0 Å². The van der Waals surface area contributed by atoms with Gasteiger partial charge in [0, 0.05) is 37.1 Å². The molecule has 32 heavy (non-hydrogen) atoms. The largest absolute Gasteiger partial charge is 0.508 e. The number of hydrogen-bond acceptors (Lipinski definition) is 4. The van der Waals surface area contributed by atoms with Crippen LogP contribution in [0.15, 0.2) is 78.8 Å². The van der Waals surface area contributed by atoms with Crippen molar-refractivity contribution in [2.24, 2.45) is 0 Å². The Morgan fingerprint density at radius 1 is 0.906 bits per heavy atom. The molecule has 0 bridgehead atoms. The number of phenolic OH excluding ortho intramolecular Hbond substituents is 2. The third-order valence-electron chi connectivity index (χ3n) is 5.97. The summed E-state index contributed by atoms with van der Waals surface area (Å²) in [6, 6.07) is 16.2. The van der Waals surface area contributed by atoms with E-state index in [0.717, 1.165) is 27.6 Å². The van der Waals surface area contributed by atoms with Crippen molar-refractivity contribution in [3.8, 4) is 11.5 Å². The van der Waals surface area contributed by atoms with Gasteiger partial charge in [0.2, 0.25) is 0 Å². The van der Waals surface area contributed by atoms with Crippen LogP contribution in [0.1, 0.15) is 34.3 Å². The van der Waals surface area contributed by atoms with Gasteiger partial charge in [-0.1, -0.05) is 29.8 Å². The highest BCUT2D eigenvalue weighted by atomic mass is 16.3. The lowest BCUT2D eigenvalue weighted by molar-refractivity contribution is 0.0745. The van der Waals surface area contributed by atoms with Crippen LogP contribution in [-0.4, -0.2) is 44.1 Å². The second-order valence-electron chi connectivity index (χ2n) is 8.00. The predicted octanol–water partition coefficient (Wildman–Crippen LogP) is 4.71. The van der Waals surface area contributed by atoms with Gasteiger partial charge in [0.15, 0.2) is 0 Å². The molecule has 1 amide bonds. The lowest BCUT2D eigenvalue weighted by atomic mass is 9.88. The summed E-state index contributed by atoms with van der Waals surface area (Å²) in [5.41, 5.74) is 5.38. The average molecular weight is 425 g/mol. The van der Waals surface area contributed by atoms with E-state index < -0.39 is 0 Å². The van der Waals surface area contributed by atoms with Gasteiger partial charge in [0.25, 0.3) is 5.91 Å². The van der Waals surface area contributed by atoms with E-state index in [1.54, 1.807) is 36.7 Å². The molecule has 0 saturated carbocycles. The molecule has 0 spiro atoms. The van der Waals surface area contributed by atoms with E-state index >= 15 is 0 Å². The van der Waals surface area contributed by atoms with Crippen molar-refractivity contribution in [1.29, 1.82) is 0 Å². The number of pyridine rings is 1. The minimum absolute atomic E-state index is 0.0270. The van der Waals surface area contributed by atoms with E-state index in [-0.39, 0.29) is 17.4 Å². The molecule has 0 atom stereocenters. The summed E-state index contributed by atoms with van der Waals surface area (Å²) in [6.45, 7) is 1.18. The number of amides is 1. The minimum atomic E-state index is -0.0270. The summed E-state index contributed by atoms with van der Waals surface area (Å²) in [5.74, 6) is 0.362. The highest BCUT2D eigenvalue weighted by molar-refractivity contribution is 6.05. The zero-order valence-electron chi connectivity index (χ0n) is 17.5. The molecule has 4 aromatic rings. The van der Waals surface area contributed by atoms with E-state index in [1.807, 2.05) is 41.4 Å². The van der Waals surface area contributed by atoms with Gasteiger partial charge in [0.05, 0.1) is 11.1 Å². The first-order chi connectivity index (χ1) is 15.6. The third kappa shape index (κ3) is 3.71. The van der Waals surface area contributed by atoms with Crippen LogP contribution in [0.25, 0.3) is 16.5 Å². The average Bonchev–Trinajstić information content (AvgIpc) is 3.29. The number of aromatic nitrogens is 2. The molecule has 3 N–H and O–H groups in total. The highest BCUT2D eigenvalue weighted by Gasteiger charge is 2.25. The molecule has 0 aliphatic carbocycles. The number of hydrogen-bond donors (Lipinski definition) is 3. The lowest BCUT2D eigenvalue weighted by Crippen LogP contribution is -2.36. The zero-order valence-corrected chi connectivity index (χ0v) is 17.5. The monoisotopic (exact) mass is 425 g/mol. The van der Waals surface area contributed by atoms with Crippen molar-refractivity contribution in [2.45, 2.75) is 12.8 Å². The maximum Gasteiger partial charge on any atom is 0.257 e. The highest BCUT2D eigenvalue weighted by Crippen LogP contribution is 2.35. The molecule has 1 aliphatic rings. The number of likely N-dealkylation sites (tertiary alicyclic amines) is 1. The number of benzene rings is 2. The normalized spacial score (nSPS) is 14.0. The molecule has 2 aromatic heterocycles. The van der Waals surface area contributed by atoms with Crippen molar-refractivity contribution >= 4 is 22.4 Å². The van der Waals surface area contributed by atoms with Gasteiger partial charge in [-0.25, -0.2) is 0 Å². The number of aromatic hydroxyl groups is 2. The van der Waals surface area contributed by atoms with E-state index in [9.17, 15) is 15.0 Å².